The predicted molar refractivity (Wildman–Crippen MR) is 66.6 cm³/mol. The van der Waals surface area contributed by atoms with Crippen molar-refractivity contribution in [2.45, 2.75) is 39.5 Å². The van der Waals surface area contributed by atoms with E-state index in [1.54, 1.807) is 0 Å². The molecule has 0 N–H and O–H groups in total. The van der Waals surface area contributed by atoms with Gasteiger partial charge in [-0.15, -0.1) is 13.2 Å². The first kappa shape index (κ1) is 16.3. The Morgan fingerprint density at radius 3 is 2.35 bits per heavy atom. The number of alkyl halides is 3. The van der Waals surface area contributed by atoms with Gasteiger partial charge in [-0.25, -0.2) is 0 Å². The lowest BCUT2D eigenvalue weighted by Crippen LogP contribution is -2.12. The highest BCUT2D eigenvalue weighted by atomic mass is 79.9. The summed E-state index contributed by atoms with van der Waals surface area (Å²) in [6, 6.07) is 0. The third-order valence-corrected chi connectivity index (χ3v) is 2.69. The maximum absolute atomic E-state index is 12.1. The average Bonchev–Trinajstić information content (AvgIpc) is 2.22. The fraction of sp³-hybridized carbons (Fsp3) is 0.500. The summed E-state index contributed by atoms with van der Waals surface area (Å²) in [4.78, 5) is 0. The molecule has 0 rings (SSSR count). The van der Waals surface area contributed by atoms with Gasteiger partial charge in [0.25, 0.3) is 0 Å². The van der Waals surface area contributed by atoms with Gasteiger partial charge < -0.3 is 4.74 Å². The number of unbranched alkanes of at least 4 members (excludes halogenated alkanes) is 1. The van der Waals surface area contributed by atoms with Crippen molar-refractivity contribution in [3.8, 4) is 0 Å². The van der Waals surface area contributed by atoms with Crippen molar-refractivity contribution in [1.82, 2.24) is 0 Å². The average molecular weight is 313 g/mol. The zero-order chi connectivity index (χ0) is 13.5. The van der Waals surface area contributed by atoms with Crippen LogP contribution < -0.4 is 0 Å². The van der Waals surface area contributed by atoms with E-state index in [2.05, 4.69) is 27.2 Å². The van der Waals surface area contributed by atoms with E-state index in [0.29, 0.717) is 17.3 Å². The van der Waals surface area contributed by atoms with E-state index in [4.69, 9.17) is 0 Å². The van der Waals surface area contributed by atoms with Gasteiger partial charge in [-0.2, -0.15) is 0 Å². The quantitative estimate of drug-likeness (QED) is 0.468. The lowest BCUT2D eigenvalue weighted by Gasteiger charge is -2.11. The molecular weight excluding hydrogens is 297 g/mol. The molecule has 0 aromatic rings. The fourth-order valence-electron chi connectivity index (χ4n) is 0.946. The van der Waals surface area contributed by atoms with Gasteiger partial charge in [0.1, 0.15) is 5.76 Å². The van der Waals surface area contributed by atoms with E-state index in [0.717, 1.165) is 12.0 Å². The number of hydrogen-bond acceptors (Lipinski definition) is 1. The van der Waals surface area contributed by atoms with Gasteiger partial charge in [-0.1, -0.05) is 42.8 Å². The number of rotatable bonds is 6. The lowest BCUT2D eigenvalue weighted by atomic mass is 10.2. The molecule has 0 aliphatic heterocycles. The van der Waals surface area contributed by atoms with Crippen molar-refractivity contribution in [3.63, 3.8) is 0 Å². The van der Waals surface area contributed by atoms with Crippen LogP contribution >= 0.6 is 15.9 Å². The van der Waals surface area contributed by atoms with Crippen LogP contribution in [0.1, 0.15) is 33.1 Å². The summed E-state index contributed by atoms with van der Waals surface area (Å²) in [5, 5.41) is 0. The Balaban J connectivity index is 4.88. The number of halogens is 4. The third-order valence-electron chi connectivity index (χ3n) is 1.90. The van der Waals surface area contributed by atoms with Crippen LogP contribution in [0.4, 0.5) is 13.2 Å². The van der Waals surface area contributed by atoms with Crippen LogP contribution in [0.25, 0.3) is 0 Å². The molecule has 0 heterocycles. The normalized spacial score (nSPS) is 13.8. The van der Waals surface area contributed by atoms with E-state index in [9.17, 15) is 13.2 Å². The summed E-state index contributed by atoms with van der Waals surface area (Å²) in [6.45, 7) is 7.48. The van der Waals surface area contributed by atoms with Crippen LogP contribution in [0.3, 0.4) is 0 Å². The Morgan fingerprint density at radius 2 is 1.94 bits per heavy atom. The molecule has 0 bridgehead atoms. The van der Waals surface area contributed by atoms with Gasteiger partial charge in [-0.05, 0) is 30.6 Å². The lowest BCUT2D eigenvalue weighted by molar-refractivity contribution is -0.303. The van der Waals surface area contributed by atoms with Gasteiger partial charge in [0.2, 0.25) is 0 Å². The van der Waals surface area contributed by atoms with Crippen LogP contribution in [0.15, 0.2) is 34.5 Å². The predicted octanol–water partition coefficient (Wildman–Crippen LogP) is 5.45. The Labute approximate surface area is 108 Å². The topological polar surface area (TPSA) is 9.23 Å². The van der Waals surface area contributed by atoms with Crippen LogP contribution in [-0.4, -0.2) is 6.36 Å². The molecule has 0 unspecified atom stereocenters. The first-order valence-corrected chi connectivity index (χ1v) is 6.10. The SMILES string of the molecule is C=C(CC)/C(Br)=C\C(=C/CCC)OC(F)(F)F. The van der Waals surface area contributed by atoms with Crippen molar-refractivity contribution in [1.29, 1.82) is 0 Å². The van der Waals surface area contributed by atoms with Gasteiger partial charge in [0.05, 0.1) is 0 Å². The minimum absolute atomic E-state index is 0.208. The van der Waals surface area contributed by atoms with E-state index in [1.165, 1.54) is 12.2 Å². The minimum atomic E-state index is -4.67. The molecule has 0 amide bonds. The van der Waals surface area contributed by atoms with Gasteiger partial charge in [-0.3, -0.25) is 0 Å². The van der Waals surface area contributed by atoms with Gasteiger partial charge >= 0.3 is 6.36 Å². The standard InChI is InChI=1S/C12H16BrF3O/c1-4-6-7-10(17-12(14,15)16)8-11(13)9(3)5-2/h7-8H,3-6H2,1-2H3/b10-7+,11-8+. The highest BCUT2D eigenvalue weighted by Gasteiger charge is 2.31. The summed E-state index contributed by atoms with van der Waals surface area (Å²) < 4.78 is 40.8. The van der Waals surface area contributed by atoms with E-state index < -0.39 is 6.36 Å². The van der Waals surface area contributed by atoms with Crippen LogP contribution in [0.5, 0.6) is 0 Å². The second-order valence-corrected chi connectivity index (χ2v) is 4.25. The largest absolute Gasteiger partial charge is 0.573 e. The first-order valence-electron chi connectivity index (χ1n) is 5.31. The van der Waals surface area contributed by atoms with E-state index in [-0.39, 0.29) is 5.76 Å². The highest BCUT2D eigenvalue weighted by Crippen LogP contribution is 2.26. The zero-order valence-electron chi connectivity index (χ0n) is 9.90. The Hall–Kier alpha value is -0.710. The Morgan fingerprint density at radius 1 is 1.35 bits per heavy atom. The zero-order valence-corrected chi connectivity index (χ0v) is 11.5. The monoisotopic (exact) mass is 312 g/mol. The van der Waals surface area contributed by atoms with Crippen molar-refractivity contribution in [2.24, 2.45) is 0 Å². The molecule has 5 heteroatoms. The number of ether oxygens (including phenoxy) is 1. The molecule has 0 spiro atoms. The summed E-state index contributed by atoms with van der Waals surface area (Å²) in [7, 11) is 0. The molecule has 0 aromatic heterocycles. The molecule has 0 atom stereocenters. The Bertz CT molecular complexity index is 316. The number of hydrogen-bond donors (Lipinski definition) is 0. The van der Waals surface area contributed by atoms with Crippen LogP contribution in [0, 0.1) is 0 Å². The molecule has 0 radical (unpaired) electrons. The second kappa shape index (κ2) is 7.58. The summed E-state index contributed by atoms with van der Waals surface area (Å²) in [5.41, 5.74) is 0.721. The van der Waals surface area contributed by atoms with Crippen LogP contribution in [-0.2, 0) is 4.74 Å². The molecule has 98 valence electrons. The molecule has 17 heavy (non-hydrogen) atoms. The van der Waals surface area contributed by atoms with Crippen molar-refractivity contribution in [3.05, 3.63) is 34.5 Å². The number of allylic oxidation sites excluding steroid dienone is 4. The first-order chi connectivity index (χ1) is 7.80. The molecule has 0 aliphatic rings. The maximum Gasteiger partial charge on any atom is 0.573 e. The minimum Gasteiger partial charge on any atom is -0.406 e. The fourth-order valence-corrected chi connectivity index (χ4v) is 1.45. The van der Waals surface area contributed by atoms with Crippen molar-refractivity contribution in [2.75, 3.05) is 0 Å². The summed E-state index contributed by atoms with van der Waals surface area (Å²) >= 11 is 3.18. The van der Waals surface area contributed by atoms with E-state index >= 15 is 0 Å². The smallest absolute Gasteiger partial charge is 0.406 e. The summed E-state index contributed by atoms with van der Waals surface area (Å²) in [6.07, 6.45) is -0.0145. The highest BCUT2D eigenvalue weighted by molar-refractivity contribution is 9.12. The molecular formula is C12H16BrF3O. The summed E-state index contributed by atoms with van der Waals surface area (Å²) in [5.74, 6) is -0.208. The van der Waals surface area contributed by atoms with Crippen molar-refractivity contribution < 1.29 is 17.9 Å². The third kappa shape index (κ3) is 8.07. The molecule has 1 nitrogen and oxygen atoms in total. The molecule has 0 aromatic carbocycles. The molecule has 0 saturated heterocycles. The van der Waals surface area contributed by atoms with Gasteiger partial charge in [0.15, 0.2) is 0 Å². The molecule has 0 aliphatic carbocycles. The molecule has 0 saturated carbocycles. The van der Waals surface area contributed by atoms with Gasteiger partial charge in [0, 0.05) is 4.48 Å². The molecule has 0 fully saturated rings. The van der Waals surface area contributed by atoms with E-state index in [1.807, 2.05) is 13.8 Å². The second-order valence-electron chi connectivity index (χ2n) is 3.39. The Kier molecular flexibility index (Phi) is 7.27. The van der Waals surface area contributed by atoms with Crippen LogP contribution in [0.2, 0.25) is 0 Å². The maximum atomic E-state index is 12.1. The van der Waals surface area contributed by atoms with Crippen molar-refractivity contribution >= 4 is 15.9 Å².